The number of amides is 3. The van der Waals surface area contributed by atoms with Gasteiger partial charge in [-0.1, -0.05) is 5.21 Å². The maximum Gasteiger partial charge on any atom is 0.410 e. The highest BCUT2D eigenvalue weighted by molar-refractivity contribution is 7.20. The Bertz CT molecular complexity index is 2000. The van der Waals surface area contributed by atoms with Gasteiger partial charge < -0.3 is 15.4 Å². The third-order valence-electron chi connectivity index (χ3n) is 7.35. The molecule has 5 aromatic rings. The number of primary amides is 1. The van der Waals surface area contributed by atoms with Crippen molar-refractivity contribution in [2.75, 3.05) is 18.0 Å². The second-order valence-corrected chi connectivity index (χ2v) is 13.0. The number of nitrogens with two attached hydrogens (primary N) is 1. The SMILES string of the molecule is CC(C)(C)OC(=O)N1CCC[C@@H](N(C(=O)c2ccc(-n3nnc4cccnc43)cc2F)c2nccc3sc(/C=C/C(N)=O)cc23)C1. The lowest BCUT2D eigenvalue weighted by molar-refractivity contribution is -0.113. The molecule has 1 atom stereocenters. The molecule has 5 heterocycles. The minimum Gasteiger partial charge on any atom is -0.444 e. The van der Waals surface area contributed by atoms with E-state index in [-0.39, 0.29) is 12.1 Å². The number of thiophene rings is 1. The van der Waals surface area contributed by atoms with E-state index in [1.165, 1.54) is 39.1 Å². The van der Waals surface area contributed by atoms with Gasteiger partial charge in [0.1, 0.15) is 22.8 Å². The first-order chi connectivity index (χ1) is 22.0. The van der Waals surface area contributed by atoms with Gasteiger partial charge in [-0.25, -0.2) is 19.2 Å². The van der Waals surface area contributed by atoms with Crippen LogP contribution in [0, 0.1) is 5.82 Å². The highest BCUT2D eigenvalue weighted by atomic mass is 32.1. The van der Waals surface area contributed by atoms with E-state index in [4.69, 9.17) is 10.5 Å². The van der Waals surface area contributed by atoms with E-state index in [0.29, 0.717) is 47.4 Å². The largest absolute Gasteiger partial charge is 0.444 e. The molecule has 1 saturated heterocycles. The monoisotopic (exact) mass is 642 g/mol. The topological polar surface area (TPSA) is 149 Å². The van der Waals surface area contributed by atoms with Crippen LogP contribution in [0.4, 0.5) is 15.0 Å². The van der Waals surface area contributed by atoms with Gasteiger partial charge in [-0.3, -0.25) is 14.5 Å². The van der Waals surface area contributed by atoms with Crippen LogP contribution < -0.4 is 10.6 Å². The maximum absolute atomic E-state index is 15.9. The van der Waals surface area contributed by atoms with Gasteiger partial charge in [-0.05, 0) is 76.1 Å². The Balaban J connectivity index is 1.41. The molecule has 3 amide bonds. The van der Waals surface area contributed by atoms with E-state index in [9.17, 15) is 14.4 Å². The molecule has 46 heavy (non-hydrogen) atoms. The molecule has 0 saturated carbocycles. The summed E-state index contributed by atoms with van der Waals surface area (Å²) in [6.45, 7) is 5.98. The fourth-order valence-electron chi connectivity index (χ4n) is 5.38. The number of carbonyl (C=O) groups excluding carboxylic acids is 3. The first-order valence-electron chi connectivity index (χ1n) is 14.6. The molecular weight excluding hydrogens is 611 g/mol. The molecular formula is C32H31FN8O4S. The van der Waals surface area contributed by atoms with Crippen LogP contribution in [-0.4, -0.2) is 72.5 Å². The second-order valence-electron chi connectivity index (χ2n) is 11.8. The summed E-state index contributed by atoms with van der Waals surface area (Å²) < 4.78 is 23.8. The molecule has 0 unspecified atom stereocenters. The van der Waals surface area contributed by atoms with Gasteiger partial charge in [0.15, 0.2) is 5.65 Å². The van der Waals surface area contributed by atoms with Gasteiger partial charge in [0.25, 0.3) is 5.91 Å². The number of hydrogen-bond donors (Lipinski definition) is 1. The van der Waals surface area contributed by atoms with Crippen molar-refractivity contribution >= 4 is 62.4 Å². The van der Waals surface area contributed by atoms with Crippen molar-refractivity contribution in [1.29, 1.82) is 0 Å². The number of aromatic nitrogens is 5. The predicted molar refractivity (Wildman–Crippen MR) is 172 cm³/mol. The van der Waals surface area contributed by atoms with E-state index < -0.39 is 35.4 Å². The average Bonchev–Trinajstić information content (AvgIpc) is 3.64. The Labute approximate surface area is 267 Å². The molecule has 1 aromatic carbocycles. The molecule has 1 aliphatic rings. The Morgan fingerprint density at radius 1 is 1.13 bits per heavy atom. The van der Waals surface area contributed by atoms with Gasteiger partial charge in [0.2, 0.25) is 5.91 Å². The summed E-state index contributed by atoms with van der Waals surface area (Å²) in [7, 11) is 0. The van der Waals surface area contributed by atoms with Crippen LogP contribution in [0.25, 0.3) is 33.0 Å². The van der Waals surface area contributed by atoms with Crippen LogP contribution in [0.2, 0.25) is 0 Å². The van der Waals surface area contributed by atoms with Crippen molar-refractivity contribution < 1.29 is 23.5 Å². The first kappa shape index (κ1) is 30.8. The number of likely N-dealkylation sites (tertiary alicyclic amines) is 1. The lowest BCUT2D eigenvalue weighted by atomic mass is 10.0. The van der Waals surface area contributed by atoms with Crippen LogP contribution in [0.15, 0.2) is 60.9 Å². The van der Waals surface area contributed by atoms with Gasteiger partial charge in [0, 0.05) is 52.6 Å². The fourth-order valence-corrected chi connectivity index (χ4v) is 6.33. The number of pyridine rings is 2. The predicted octanol–water partition coefficient (Wildman–Crippen LogP) is 5.11. The Kier molecular flexibility index (Phi) is 8.21. The van der Waals surface area contributed by atoms with Gasteiger partial charge in [-0.15, -0.1) is 16.4 Å². The quantitative estimate of drug-likeness (QED) is 0.251. The number of carbonyl (C=O) groups is 3. The standard InChI is InChI=1S/C32H31FN8O4S/c1-32(2,3)45-31(44)39-15-5-6-20(18-39)40(28-23-17-21(9-11-27(34)42)46-26(23)12-14-36-28)30(43)22-10-8-19(16-24(22)33)41-29-25(37-38-41)7-4-13-35-29/h4,7-14,16-17,20H,5-6,15,18H2,1-3H3,(H2,34,42)/b11-9+/t20-/m1/s1. The number of anilines is 1. The summed E-state index contributed by atoms with van der Waals surface area (Å²) in [4.78, 5) is 51.5. The summed E-state index contributed by atoms with van der Waals surface area (Å²) in [5, 5.41) is 8.82. The Morgan fingerprint density at radius 2 is 1.96 bits per heavy atom. The Hall–Kier alpha value is -5.24. The number of fused-ring (bicyclic) bond motifs is 2. The van der Waals surface area contributed by atoms with Crippen LogP contribution in [-0.2, 0) is 9.53 Å². The number of benzene rings is 1. The van der Waals surface area contributed by atoms with Crippen molar-refractivity contribution in [3.8, 4) is 5.69 Å². The summed E-state index contributed by atoms with van der Waals surface area (Å²) in [6, 6.07) is 10.7. The van der Waals surface area contributed by atoms with Crippen molar-refractivity contribution in [3.63, 3.8) is 0 Å². The summed E-state index contributed by atoms with van der Waals surface area (Å²) >= 11 is 1.39. The molecule has 236 valence electrons. The number of halogens is 1. The van der Waals surface area contributed by atoms with E-state index in [1.807, 2.05) is 0 Å². The molecule has 0 radical (unpaired) electrons. The molecule has 6 rings (SSSR count). The van der Waals surface area contributed by atoms with E-state index in [1.54, 1.807) is 74.5 Å². The minimum atomic E-state index is -0.769. The Morgan fingerprint density at radius 3 is 2.72 bits per heavy atom. The van der Waals surface area contributed by atoms with Crippen LogP contribution in [0.3, 0.4) is 0 Å². The smallest absolute Gasteiger partial charge is 0.410 e. The summed E-state index contributed by atoms with van der Waals surface area (Å²) in [5.41, 5.74) is 5.75. The van der Waals surface area contributed by atoms with Crippen molar-refractivity contribution in [2.24, 2.45) is 5.73 Å². The molecule has 1 fully saturated rings. The molecule has 12 nitrogen and oxygen atoms in total. The second kappa shape index (κ2) is 12.3. The van der Waals surface area contributed by atoms with Crippen molar-refractivity contribution in [3.05, 3.63) is 77.2 Å². The minimum absolute atomic E-state index is 0.160. The fraction of sp³-hybridized carbons (Fsp3) is 0.281. The van der Waals surface area contributed by atoms with Crippen LogP contribution in [0.1, 0.15) is 48.8 Å². The van der Waals surface area contributed by atoms with Gasteiger partial charge in [-0.2, -0.15) is 4.68 Å². The maximum atomic E-state index is 15.9. The number of nitrogens with zero attached hydrogens (tertiary/aromatic N) is 7. The third kappa shape index (κ3) is 6.29. The lowest BCUT2D eigenvalue weighted by Crippen LogP contribution is -2.53. The first-order valence-corrected chi connectivity index (χ1v) is 15.4. The van der Waals surface area contributed by atoms with Crippen LogP contribution in [0.5, 0.6) is 0 Å². The zero-order valence-electron chi connectivity index (χ0n) is 25.4. The number of piperidine rings is 1. The molecule has 0 spiro atoms. The van der Waals surface area contributed by atoms with Crippen molar-refractivity contribution in [2.45, 2.75) is 45.3 Å². The third-order valence-corrected chi connectivity index (χ3v) is 8.42. The zero-order chi connectivity index (χ0) is 32.6. The van der Waals surface area contributed by atoms with E-state index in [2.05, 4.69) is 20.3 Å². The highest BCUT2D eigenvalue weighted by Gasteiger charge is 2.36. The van der Waals surface area contributed by atoms with Crippen LogP contribution >= 0.6 is 11.3 Å². The molecule has 4 aromatic heterocycles. The number of rotatable bonds is 6. The highest BCUT2D eigenvalue weighted by Crippen LogP contribution is 2.36. The number of hydrogen-bond acceptors (Lipinski definition) is 9. The molecule has 0 bridgehead atoms. The van der Waals surface area contributed by atoms with E-state index >= 15 is 4.39 Å². The summed E-state index contributed by atoms with van der Waals surface area (Å²) in [5.74, 6) is -1.68. The normalized spacial score (nSPS) is 15.5. The molecule has 2 N–H and O–H groups in total. The summed E-state index contributed by atoms with van der Waals surface area (Å²) in [6.07, 6.45) is 6.65. The molecule has 0 aliphatic carbocycles. The number of ether oxygens (including phenoxy) is 1. The van der Waals surface area contributed by atoms with Gasteiger partial charge >= 0.3 is 6.09 Å². The van der Waals surface area contributed by atoms with E-state index in [0.717, 1.165) is 9.58 Å². The molecule has 1 aliphatic heterocycles. The lowest BCUT2D eigenvalue weighted by Gasteiger charge is -2.39. The average molecular weight is 643 g/mol. The molecule has 14 heteroatoms. The van der Waals surface area contributed by atoms with Gasteiger partial charge in [0.05, 0.1) is 17.3 Å². The van der Waals surface area contributed by atoms with Crippen molar-refractivity contribution in [1.82, 2.24) is 29.9 Å². The zero-order valence-corrected chi connectivity index (χ0v) is 26.2.